The Kier molecular flexibility index (Phi) is 4.93. The molecule has 4 heteroatoms. The van der Waals surface area contributed by atoms with Crippen LogP contribution in [0.15, 0.2) is 36.4 Å². The van der Waals surface area contributed by atoms with Crippen molar-refractivity contribution in [1.82, 2.24) is 9.97 Å². The molecule has 0 aliphatic rings. The first-order valence-electron chi connectivity index (χ1n) is 6.87. The highest BCUT2D eigenvalue weighted by molar-refractivity contribution is 5.31. The van der Waals surface area contributed by atoms with Crippen molar-refractivity contribution >= 4 is 5.95 Å². The van der Waals surface area contributed by atoms with Crippen LogP contribution in [0, 0.1) is 6.92 Å². The van der Waals surface area contributed by atoms with Gasteiger partial charge in [0.1, 0.15) is 0 Å². The molecule has 4 nitrogen and oxygen atoms in total. The van der Waals surface area contributed by atoms with Gasteiger partial charge in [0, 0.05) is 17.8 Å². The van der Waals surface area contributed by atoms with Gasteiger partial charge in [-0.15, -0.1) is 0 Å². The molecular weight excluding hydrogens is 250 g/mol. The predicted molar refractivity (Wildman–Crippen MR) is 81.2 cm³/mol. The summed E-state index contributed by atoms with van der Waals surface area (Å²) in [6.07, 6.45) is 2.07. The van der Waals surface area contributed by atoms with Gasteiger partial charge in [-0.25, -0.2) is 4.98 Å². The SMILES string of the molecule is COc1cc(C)nc(N[C@H](C)CCc2ccccc2)n1. The second kappa shape index (κ2) is 6.89. The Balaban J connectivity index is 1.91. The molecule has 0 saturated carbocycles. The first-order valence-corrected chi connectivity index (χ1v) is 6.87. The van der Waals surface area contributed by atoms with Gasteiger partial charge in [-0.1, -0.05) is 30.3 Å². The second-order valence-corrected chi connectivity index (χ2v) is 4.94. The standard InChI is InChI=1S/C16H21N3O/c1-12(9-10-14-7-5-4-6-8-14)17-16-18-13(2)11-15(19-16)20-3/h4-8,11-12H,9-10H2,1-3H3,(H,17,18,19)/t12-/m1/s1. The molecule has 2 rings (SSSR count). The average Bonchev–Trinajstić information content (AvgIpc) is 2.45. The number of aromatic nitrogens is 2. The maximum absolute atomic E-state index is 5.16. The third-order valence-electron chi connectivity index (χ3n) is 3.12. The largest absolute Gasteiger partial charge is 0.481 e. The molecule has 0 saturated heterocycles. The molecule has 1 aromatic carbocycles. The lowest BCUT2D eigenvalue weighted by Crippen LogP contribution is -2.18. The molecule has 106 valence electrons. The summed E-state index contributed by atoms with van der Waals surface area (Å²) in [5, 5.41) is 3.33. The zero-order valence-electron chi connectivity index (χ0n) is 12.3. The summed E-state index contributed by atoms with van der Waals surface area (Å²) in [7, 11) is 1.62. The topological polar surface area (TPSA) is 47.0 Å². The Morgan fingerprint density at radius 3 is 2.65 bits per heavy atom. The Morgan fingerprint density at radius 2 is 1.95 bits per heavy atom. The molecule has 0 fully saturated rings. The summed E-state index contributed by atoms with van der Waals surface area (Å²) >= 11 is 0. The van der Waals surface area contributed by atoms with E-state index in [1.807, 2.05) is 19.1 Å². The summed E-state index contributed by atoms with van der Waals surface area (Å²) < 4.78 is 5.16. The maximum atomic E-state index is 5.16. The lowest BCUT2D eigenvalue weighted by molar-refractivity contribution is 0.397. The molecule has 0 unspecified atom stereocenters. The van der Waals surface area contributed by atoms with Crippen molar-refractivity contribution in [2.24, 2.45) is 0 Å². The number of ether oxygens (including phenoxy) is 1. The molecule has 1 heterocycles. The number of rotatable bonds is 6. The summed E-state index contributed by atoms with van der Waals surface area (Å²) in [6, 6.07) is 12.6. The van der Waals surface area contributed by atoms with Crippen LogP contribution in [0.3, 0.4) is 0 Å². The van der Waals surface area contributed by atoms with Gasteiger partial charge in [0.25, 0.3) is 0 Å². The van der Waals surface area contributed by atoms with Crippen LogP contribution in [0.4, 0.5) is 5.95 Å². The van der Waals surface area contributed by atoms with Gasteiger partial charge in [-0.2, -0.15) is 4.98 Å². The smallest absolute Gasteiger partial charge is 0.226 e. The van der Waals surface area contributed by atoms with Gasteiger partial charge in [0.05, 0.1) is 7.11 Å². The van der Waals surface area contributed by atoms with Crippen molar-refractivity contribution in [3.05, 3.63) is 47.7 Å². The van der Waals surface area contributed by atoms with Crippen molar-refractivity contribution in [3.63, 3.8) is 0 Å². The van der Waals surface area contributed by atoms with Crippen LogP contribution in [-0.2, 0) is 6.42 Å². The van der Waals surface area contributed by atoms with Crippen molar-refractivity contribution in [2.75, 3.05) is 12.4 Å². The van der Waals surface area contributed by atoms with E-state index in [1.54, 1.807) is 7.11 Å². The summed E-state index contributed by atoms with van der Waals surface area (Å²) in [6.45, 7) is 4.07. The van der Waals surface area contributed by atoms with E-state index in [-0.39, 0.29) is 0 Å². The molecule has 1 N–H and O–H groups in total. The third kappa shape index (κ3) is 4.23. The lowest BCUT2D eigenvalue weighted by atomic mass is 10.1. The Bertz CT molecular complexity index is 543. The number of anilines is 1. The van der Waals surface area contributed by atoms with Crippen molar-refractivity contribution in [3.8, 4) is 5.88 Å². The first kappa shape index (κ1) is 14.3. The predicted octanol–water partition coefficient (Wildman–Crippen LogP) is 3.23. The Hall–Kier alpha value is -2.10. The van der Waals surface area contributed by atoms with Gasteiger partial charge in [-0.05, 0) is 32.3 Å². The Labute approximate surface area is 120 Å². The van der Waals surface area contributed by atoms with Crippen molar-refractivity contribution in [2.45, 2.75) is 32.7 Å². The summed E-state index contributed by atoms with van der Waals surface area (Å²) in [5.41, 5.74) is 2.25. The number of hydrogen-bond donors (Lipinski definition) is 1. The lowest BCUT2D eigenvalue weighted by Gasteiger charge is -2.14. The average molecular weight is 271 g/mol. The first-order chi connectivity index (χ1) is 9.67. The minimum Gasteiger partial charge on any atom is -0.481 e. The molecule has 2 aromatic rings. The molecular formula is C16H21N3O. The number of benzene rings is 1. The highest BCUT2D eigenvalue weighted by atomic mass is 16.5. The van der Waals surface area contributed by atoms with Crippen LogP contribution in [-0.4, -0.2) is 23.1 Å². The fourth-order valence-electron chi connectivity index (χ4n) is 2.03. The van der Waals surface area contributed by atoms with Gasteiger partial charge in [-0.3, -0.25) is 0 Å². The van der Waals surface area contributed by atoms with Crippen molar-refractivity contribution < 1.29 is 4.74 Å². The number of hydrogen-bond acceptors (Lipinski definition) is 4. The highest BCUT2D eigenvalue weighted by Crippen LogP contribution is 2.13. The number of methoxy groups -OCH3 is 1. The van der Waals surface area contributed by atoms with Gasteiger partial charge >= 0.3 is 0 Å². The normalized spacial score (nSPS) is 11.9. The van der Waals surface area contributed by atoms with Crippen LogP contribution >= 0.6 is 0 Å². The molecule has 0 radical (unpaired) electrons. The quantitative estimate of drug-likeness (QED) is 0.876. The van der Waals surface area contributed by atoms with Gasteiger partial charge < -0.3 is 10.1 Å². The second-order valence-electron chi connectivity index (χ2n) is 4.94. The van der Waals surface area contributed by atoms with Crippen LogP contribution in [0.1, 0.15) is 24.6 Å². The van der Waals surface area contributed by atoms with E-state index in [0.29, 0.717) is 17.9 Å². The van der Waals surface area contributed by atoms with Gasteiger partial charge in [0.2, 0.25) is 11.8 Å². The highest BCUT2D eigenvalue weighted by Gasteiger charge is 2.07. The molecule has 1 atom stereocenters. The molecule has 0 spiro atoms. The summed E-state index contributed by atoms with van der Waals surface area (Å²) in [4.78, 5) is 8.68. The van der Waals surface area contributed by atoms with Crippen LogP contribution in [0.2, 0.25) is 0 Å². The third-order valence-corrected chi connectivity index (χ3v) is 3.12. The van der Waals surface area contributed by atoms with Crippen molar-refractivity contribution in [1.29, 1.82) is 0 Å². The number of aryl methyl sites for hydroxylation is 2. The van der Waals surface area contributed by atoms with E-state index in [1.165, 1.54) is 5.56 Å². The fraction of sp³-hybridized carbons (Fsp3) is 0.375. The molecule has 0 aliphatic carbocycles. The van der Waals surface area contributed by atoms with E-state index in [9.17, 15) is 0 Å². The Morgan fingerprint density at radius 1 is 1.20 bits per heavy atom. The van der Waals surface area contributed by atoms with E-state index in [2.05, 4.69) is 46.5 Å². The molecule has 20 heavy (non-hydrogen) atoms. The minimum atomic E-state index is 0.307. The molecule has 0 amide bonds. The molecule has 0 bridgehead atoms. The van der Waals surface area contributed by atoms with E-state index < -0.39 is 0 Å². The summed E-state index contributed by atoms with van der Waals surface area (Å²) in [5.74, 6) is 1.22. The van der Waals surface area contributed by atoms with Crippen LogP contribution in [0.5, 0.6) is 5.88 Å². The van der Waals surface area contributed by atoms with E-state index >= 15 is 0 Å². The van der Waals surface area contributed by atoms with Crippen LogP contribution < -0.4 is 10.1 Å². The maximum Gasteiger partial charge on any atom is 0.226 e. The zero-order chi connectivity index (χ0) is 14.4. The van der Waals surface area contributed by atoms with Gasteiger partial charge in [0.15, 0.2) is 0 Å². The molecule has 1 aromatic heterocycles. The van der Waals surface area contributed by atoms with E-state index in [4.69, 9.17) is 4.74 Å². The van der Waals surface area contributed by atoms with E-state index in [0.717, 1.165) is 18.5 Å². The number of nitrogens with one attached hydrogen (secondary N) is 1. The number of nitrogens with zero attached hydrogens (tertiary/aromatic N) is 2. The van der Waals surface area contributed by atoms with Crippen LogP contribution in [0.25, 0.3) is 0 Å². The minimum absolute atomic E-state index is 0.307. The zero-order valence-corrected chi connectivity index (χ0v) is 12.3. The fourth-order valence-corrected chi connectivity index (χ4v) is 2.03. The molecule has 0 aliphatic heterocycles. The monoisotopic (exact) mass is 271 g/mol.